The molecule has 0 fully saturated rings. The molecule has 0 radical (unpaired) electrons. The van der Waals surface area contributed by atoms with E-state index in [-0.39, 0.29) is 12.1 Å². The molecule has 0 saturated carbocycles. The number of hydrogen-bond acceptors (Lipinski definition) is 8. The highest BCUT2D eigenvalue weighted by Crippen LogP contribution is 2.28. The van der Waals surface area contributed by atoms with Crippen molar-refractivity contribution < 1.29 is 14.3 Å². The summed E-state index contributed by atoms with van der Waals surface area (Å²) < 4.78 is 17.7. The number of imidazole rings is 1. The van der Waals surface area contributed by atoms with Gasteiger partial charge in [0.2, 0.25) is 0 Å². The van der Waals surface area contributed by atoms with Crippen molar-refractivity contribution in [1.29, 1.82) is 5.26 Å². The molecule has 5 rings (SSSR count). The third kappa shape index (κ3) is 4.74. The van der Waals surface area contributed by atoms with Gasteiger partial charge in [0.1, 0.15) is 17.8 Å². The van der Waals surface area contributed by atoms with Gasteiger partial charge in [-0.05, 0) is 44.2 Å². The number of pyridine rings is 2. The number of nitrogens with zero attached hydrogens (tertiary/aromatic N) is 7. The number of aliphatic hydroxyl groups is 1. The van der Waals surface area contributed by atoms with Gasteiger partial charge in [-0.2, -0.15) is 10.4 Å². The maximum absolute atomic E-state index is 14.3. The lowest BCUT2D eigenvalue weighted by Gasteiger charge is -2.22. The number of hydrogen-bond donors (Lipinski definition) is 3. The lowest BCUT2D eigenvalue weighted by Crippen LogP contribution is -2.42. The molecule has 0 aromatic carbocycles. The van der Waals surface area contributed by atoms with Crippen molar-refractivity contribution in [3.8, 4) is 17.5 Å². The van der Waals surface area contributed by atoms with Gasteiger partial charge in [0.05, 0.1) is 70.3 Å². The number of rotatable bonds is 7. The first-order valence-corrected chi connectivity index (χ1v) is 11.7. The molecule has 0 spiro atoms. The van der Waals surface area contributed by atoms with Crippen molar-refractivity contribution in [2.45, 2.75) is 25.6 Å². The maximum Gasteiger partial charge on any atom is 0.255 e. The van der Waals surface area contributed by atoms with Crippen LogP contribution in [0, 0.1) is 11.3 Å². The second-order valence-electron chi connectivity index (χ2n) is 9.40. The minimum Gasteiger partial charge on any atom is -0.387 e. The van der Waals surface area contributed by atoms with Crippen LogP contribution in [0.15, 0.2) is 55.2 Å². The molecule has 0 aliphatic carbocycles. The molecule has 1 amide bonds. The summed E-state index contributed by atoms with van der Waals surface area (Å²) in [6.07, 6.45) is 4.46. The summed E-state index contributed by atoms with van der Waals surface area (Å²) >= 11 is 0. The number of alkyl halides is 1. The number of amides is 1. The monoisotopic (exact) mass is 513 g/mol. The van der Waals surface area contributed by atoms with Gasteiger partial charge in [0.25, 0.3) is 5.91 Å². The molecule has 0 saturated heterocycles. The van der Waals surface area contributed by atoms with Gasteiger partial charge in [0, 0.05) is 13.2 Å². The molecule has 1 atom stereocenters. The van der Waals surface area contributed by atoms with E-state index < -0.39 is 17.7 Å². The van der Waals surface area contributed by atoms with Crippen LogP contribution in [0.25, 0.3) is 28.1 Å². The molecule has 5 heterocycles. The molecule has 0 unspecified atom stereocenters. The fraction of sp³-hybridized carbons (Fsp3) is 0.231. The van der Waals surface area contributed by atoms with Gasteiger partial charge in [-0.1, -0.05) is 0 Å². The van der Waals surface area contributed by atoms with Gasteiger partial charge in [-0.25, -0.2) is 18.9 Å². The van der Waals surface area contributed by atoms with Crippen LogP contribution in [0.4, 0.5) is 15.8 Å². The summed E-state index contributed by atoms with van der Waals surface area (Å²) in [4.78, 5) is 26.3. The van der Waals surface area contributed by atoms with Crippen molar-refractivity contribution in [2.75, 3.05) is 11.9 Å². The van der Waals surface area contributed by atoms with E-state index in [1.165, 1.54) is 26.2 Å². The molecule has 12 heteroatoms. The van der Waals surface area contributed by atoms with Gasteiger partial charge < -0.3 is 20.3 Å². The number of aromatic nitrogens is 6. The quantitative estimate of drug-likeness (QED) is 0.301. The minimum atomic E-state index is -1.66. The molecule has 38 heavy (non-hydrogen) atoms. The first-order valence-electron chi connectivity index (χ1n) is 11.7. The van der Waals surface area contributed by atoms with E-state index in [4.69, 9.17) is 5.26 Å². The highest BCUT2D eigenvalue weighted by atomic mass is 19.1. The Morgan fingerprint density at radius 3 is 2.76 bits per heavy atom. The second-order valence-corrected chi connectivity index (χ2v) is 9.40. The van der Waals surface area contributed by atoms with Crippen molar-refractivity contribution in [3.05, 3.63) is 66.4 Å². The molecule has 3 N–H and O–H groups in total. The van der Waals surface area contributed by atoms with E-state index in [0.29, 0.717) is 45.0 Å². The van der Waals surface area contributed by atoms with E-state index >= 15 is 0 Å². The van der Waals surface area contributed by atoms with Gasteiger partial charge in [0.15, 0.2) is 5.65 Å². The fourth-order valence-electron chi connectivity index (χ4n) is 3.90. The number of carbonyl (C=O) groups is 1. The summed E-state index contributed by atoms with van der Waals surface area (Å²) in [5.41, 5.74) is 3.20. The van der Waals surface area contributed by atoms with Crippen molar-refractivity contribution in [3.63, 3.8) is 0 Å². The molecular weight excluding hydrogens is 489 g/mol. The number of fused-ring (bicyclic) bond motifs is 2. The SMILES string of the molecule is Cn1cnc2cc(Nc3cc(-c4ccc5cc(C#N)cnn45)ncc3C(=O)NC[C@@H](F)C(C)(C)O)cnc21. The Morgan fingerprint density at radius 1 is 1.18 bits per heavy atom. The Kier molecular flexibility index (Phi) is 6.22. The van der Waals surface area contributed by atoms with Crippen molar-refractivity contribution in [2.24, 2.45) is 7.05 Å². The van der Waals surface area contributed by atoms with E-state index in [1.54, 1.807) is 39.8 Å². The van der Waals surface area contributed by atoms with Crippen LogP contribution in [0.1, 0.15) is 29.8 Å². The number of anilines is 2. The number of nitrogens with one attached hydrogen (secondary N) is 2. The Morgan fingerprint density at radius 2 is 2.00 bits per heavy atom. The van der Waals surface area contributed by atoms with Crippen LogP contribution < -0.4 is 10.6 Å². The van der Waals surface area contributed by atoms with Crippen LogP contribution in [-0.4, -0.2) is 58.5 Å². The Balaban J connectivity index is 1.53. The van der Waals surface area contributed by atoms with Crippen molar-refractivity contribution >= 4 is 34.0 Å². The summed E-state index contributed by atoms with van der Waals surface area (Å²) in [5.74, 6) is -0.567. The third-order valence-corrected chi connectivity index (χ3v) is 6.08. The Labute approximate surface area is 216 Å². The number of halogens is 1. The first-order chi connectivity index (χ1) is 18.1. The van der Waals surface area contributed by atoms with Gasteiger partial charge in [-0.3, -0.25) is 9.78 Å². The molecule has 192 valence electrons. The van der Waals surface area contributed by atoms with Crippen LogP contribution in [0.2, 0.25) is 0 Å². The van der Waals surface area contributed by atoms with E-state index in [9.17, 15) is 14.3 Å². The number of nitriles is 1. The Hall–Kier alpha value is -4.89. The zero-order chi connectivity index (χ0) is 27.0. The zero-order valence-corrected chi connectivity index (χ0v) is 20.8. The first kappa shape index (κ1) is 24.8. The summed E-state index contributed by atoms with van der Waals surface area (Å²) in [6, 6.07) is 10.9. The number of carbonyl (C=O) groups excluding carboxylic acids is 1. The van der Waals surface area contributed by atoms with Crippen LogP contribution in [0.5, 0.6) is 0 Å². The van der Waals surface area contributed by atoms with E-state index in [0.717, 1.165) is 0 Å². The fourth-order valence-corrected chi connectivity index (χ4v) is 3.90. The van der Waals surface area contributed by atoms with Gasteiger partial charge >= 0.3 is 0 Å². The summed E-state index contributed by atoms with van der Waals surface area (Å²) in [6.45, 7) is 2.30. The normalized spacial score (nSPS) is 12.4. The zero-order valence-electron chi connectivity index (χ0n) is 20.8. The smallest absolute Gasteiger partial charge is 0.255 e. The van der Waals surface area contributed by atoms with E-state index in [2.05, 4.69) is 36.8 Å². The molecule has 0 aliphatic rings. The molecule has 11 nitrogen and oxygen atoms in total. The molecule has 5 aromatic heterocycles. The maximum atomic E-state index is 14.3. The Bertz CT molecular complexity index is 1710. The average molecular weight is 514 g/mol. The standard InChI is InChI=1S/C26H24FN9O2/c1-26(2,38)23(27)13-31-25(37)18-12-29-20(22-5-4-17-6-15(9-28)10-33-36(17)22)8-19(18)34-16-7-21-24(30-11-16)35(3)14-32-21/h4-8,10-12,14,23,38H,13H2,1-3H3,(H,29,34)(H,31,37)/t23-/m1/s1. The summed E-state index contributed by atoms with van der Waals surface area (Å²) in [7, 11) is 1.84. The minimum absolute atomic E-state index is 0.165. The second kappa shape index (κ2) is 9.53. The van der Waals surface area contributed by atoms with E-state index in [1.807, 2.05) is 19.2 Å². The molecule has 5 aromatic rings. The van der Waals surface area contributed by atoms with Crippen LogP contribution in [-0.2, 0) is 7.05 Å². The van der Waals surface area contributed by atoms with Crippen LogP contribution >= 0.6 is 0 Å². The molecular formula is C26H24FN9O2. The van der Waals surface area contributed by atoms with Crippen LogP contribution in [0.3, 0.4) is 0 Å². The summed E-state index contributed by atoms with van der Waals surface area (Å²) in [5, 5.41) is 29.1. The predicted octanol–water partition coefficient (Wildman–Crippen LogP) is 3.13. The van der Waals surface area contributed by atoms with Gasteiger partial charge in [-0.15, -0.1) is 0 Å². The third-order valence-electron chi connectivity index (χ3n) is 6.08. The number of aryl methyl sites for hydroxylation is 1. The predicted molar refractivity (Wildman–Crippen MR) is 138 cm³/mol. The lowest BCUT2D eigenvalue weighted by molar-refractivity contribution is -0.00177. The largest absolute Gasteiger partial charge is 0.387 e. The highest BCUT2D eigenvalue weighted by molar-refractivity contribution is 6.00. The highest BCUT2D eigenvalue weighted by Gasteiger charge is 2.27. The average Bonchev–Trinajstić information content (AvgIpc) is 3.49. The lowest BCUT2D eigenvalue weighted by atomic mass is 10.0. The molecule has 0 bridgehead atoms. The van der Waals surface area contributed by atoms with Crippen molar-refractivity contribution in [1.82, 2.24) is 34.4 Å². The molecule has 0 aliphatic heterocycles. The topological polar surface area (TPSA) is 146 Å².